The molecule has 0 bridgehead atoms. The van der Waals surface area contributed by atoms with Crippen LogP contribution in [0.2, 0.25) is 0 Å². The average molecular weight is 405 g/mol. The molecule has 142 valence electrons. The first-order chi connectivity index (χ1) is 12.6. The highest BCUT2D eigenvalue weighted by molar-refractivity contribution is 7.89. The first kappa shape index (κ1) is 20.6. The minimum atomic E-state index is -3.84. The fourth-order valence-corrected chi connectivity index (χ4v) is 2.81. The third-order valence-corrected chi connectivity index (χ3v) is 4.53. The number of sulfonamides is 1. The fraction of sp³-hybridized carbons (Fsp3) is 0.111. The van der Waals surface area contributed by atoms with Crippen molar-refractivity contribution >= 4 is 44.6 Å². The van der Waals surface area contributed by atoms with Crippen molar-refractivity contribution in [1.29, 1.82) is 0 Å². The first-order valence-corrected chi connectivity index (χ1v) is 9.84. The van der Waals surface area contributed by atoms with Crippen molar-refractivity contribution in [1.82, 2.24) is 5.32 Å². The normalized spacial score (nSPS) is 10.7. The summed E-state index contributed by atoms with van der Waals surface area (Å²) in [5.41, 5.74) is 2.42. The molecule has 1 amide bonds. The maximum atomic E-state index is 12.3. The summed E-state index contributed by atoms with van der Waals surface area (Å²) in [5.74, 6) is -0.379. The van der Waals surface area contributed by atoms with Crippen molar-refractivity contribution in [2.75, 3.05) is 17.2 Å². The molecule has 0 aliphatic carbocycles. The number of primary sulfonamides is 1. The van der Waals surface area contributed by atoms with Crippen LogP contribution in [0.3, 0.4) is 0 Å². The lowest BCUT2D eigenvalue weighted by atomic mass is 10.2. The van der Waals surface area contributed by atoms with Crippen molar-refractivity contribution in [2.24, 2.45) is 5.14 Å². The van der Waals surface area contributed by atoms with E-state index >= 15 is 0 Å². The lowest BCUT2D eigenvalue weighted by Crippen LogP contribution is -2.29. The van der Waals surface area contributed by atoms with E-state index in [4.69, 9.17) is 17.4 Å². The van der Waals surface area contributed by atoms with Gasteiger partial charge in [0.15, 0.2) is 5.11 Å². The van der Waals surface area contributed by atoms with Crippen LogP contribution >= 0.6 is 12.2 Å². The largest absolute Gasteiger partial charge is 0.359 e. The van der Waals surface area contributed by atoms with E-state index in [-0.39, 0.29) is 10.8 Å². The molecule has 0 saturated heterocycles. The molecule has 0 spiro atoms. The van der Waals surface area contributed by atoms with Crippen molar-refractivity contribution in [3.8, 4) is 0 Å². The predicted octanol–water partition coefficient (Wildman–Crippen LogP) is 2.45. The van der Waals surface area contributed by atoms with Crippen LogP contribution in [0.1, 0.15) is 17.3 Å². The molecular formula is C18H20N4O3S2. The Morgan fingerprint density at radius 3 is 2.37 bits per heavy atom. The monoisotopic (exact) mass is 404 g/mol. The molecule has 7 nitrogen and oxygen atoms in total. The highest BCUT2D eigenvalue weighted by Crippen LogP contribution is 2.16. The van der Waals surface area contributed by atoms with Crippen LogP contribution in [-0.2, 0) is 10.0 Å². The molecule has 0 aliphatic rings. The number of benzene rings is 2. The number of hydrogen-bond donors (Lipinski definition) is 4. The molecule has 0 saturated carbocycles. The molecule has 2 rings (SSSR count). The molecule has 0 aromatic heterocycles. The summed E-state index contributed by atoms with van der Waals surface area (Å²) in [6.45, 7) is 6.25. The molecule has 0 unspecified atom stereocenters. The Morgan fingerprint density at radius 2 is 1.78 bits per heavy atom. The molecule has 0 aliphatic heterocycles. The number of nitrogens with two attached hydrogens (primary N) is 1. The quantitative estimate of drug-likeness (QED) is 0.434. The van der Waals surface area contributed by atoms with Gasteiger partial charge >= 0.3 is 0 Å². The molecule has 27 heavy (non-hydrogen) atoms. The summed E-state index contributed by atoms with van der Waals surface area (Å²) < 4.78 is 22.8. The minimum Gasteiger partial charge on any atom is -0.359 e. The fourth-order valence-electron chi connectivity index (χ4n) is 2.07. The zero-order valence-corrected chi connectivity index (χ0v) is 16.3. The first-order valence-electron chi connectivity index (χ1n) is 7.88. The second-order valence-corrected chi connectivity index (χ2v) is 7.84. The third-order valence-electron chi connectivity index (χ3n) is 3.38. The topological polar surface area (TPSA) is 113 Å². The summed E-state index contributed by atoms with van der Waals surface area (Å²) >= 11 is 5.17. The molecule has 0 atom stereocenters. The maximum absolute atomic E-state index is 12.3. The lowest BCUT2D eigenvalue weighted by molar-refractivity contribution is 0.102. The molecule has 0 heterocycles. The standard InChI is InChI=1S/C18H20N4O3S2/c1-12(2)11-20-18(26)22-14-8-6-13(7-9-14)17(23)21-15-4-3-5-16(10-15)27(19,24)25/h3-10H,1,11H2,2H3,(H,21,23)(H2,19,24,25)(H2,20,22,26). The van der Waals surface area contributed by atoms with Gasteiger partial charge in [-0.15, -0.1) is 0 Å². The molecular weight excluding hydrogens is 384 g/mol. The van der Waals surface area contributed by atoms with E-state index in [0.29, 0.717) is 22.9 Å². The van der Waals surface area contributed by atoms with Gasteiger partial charge in [0.1, 0.15) is 0 Å². The lowest BCUT2D eigenvalue weighted by Gasteiger charge is -2.11. The predicted molar refractivity (Wildman–Crippen MR) is 111 cm³/mol. The van der Waals surface area contributed by atoms with Crippen LogP contribution < -0.4 is 21.1 Å². The van der Waals surface area contributed by atoms with Crippen LogP contribution in [0.5, 0.6) is 0 Å². The van der Waals surface area contributed by atoms with Gasteiger partial charge in [0, 0.05) is 23.5 Å². The number of hydrogen-bond acceptors (Lipinski definition) is 4. The van der Waals surface area contributed by atoms with Gasteiger partial charge in [0.2, 0.25) is 10.0 Å². The van der Waals surface area contributed by atoms with Gasteiger partial charge in [0.05, 0.1) is 4.90 Å². The van der Waals surface area contributed by atoms with Gasteiger partial charge in [-0.1, -0.05) is 18.2 Å². The van der Waals surface area contributed by atoms with E-state index in [1.54, 1.807) is 30.3 Å². The highest BCUT2D eigenvalue weighted by atomic mass is 32.2. The maximum Gasteiger partial charge on any atom is 0.255 e. The summed E-state index contributed by atoms with van der Waals surface area (Å²) in [5, 5.41) is 14.2. The Bertz CT molecular complexity index is 970. The summed E-state index contributed by atoms with van der Waals surface area (Å²) in [6.07, 6.45) is 0. The minimum absolute atomic E-state index is 0.0735. The van der Waals surface area contributed by atoms with Gasteiger partial charge in [0.25, 0.3) is 5.91 Å². The molecule has 5 N–H and O–H groups in total. The van der Waals surface area contributed by atoms with Crippen LogP contribution in [0, 0.1) is 0 Å². The Labute approximate surface area is 163 Å². The van der Waals surface area contributed by atoms with E-state index in [0.717, 1.165) is 11.3 Å². The average Bonchev–Trinajstić information content (AvgIpc) is 2.60. The van der Waals surface area contributed by atoms with Crippen LogP contribution in [0.4, 0.5) is 11.4 Å². The van der Waals surface area contributed by atoms with Crippen LogP contribution in [0.15, 0.2) is 65.6 Å². The molecule has 9 heteroatoms. The SMILES string of the molecule is C=C(C)CNC(=S)Nc1ccc(C(=O)Nc2cccc(S(N)(=O)=O)c2)cc1. The Balaban J connectivity index is 2.01. The molecule has 0 radical (unpaired) electrons. The van der Waals surface area contributed by atoms with Gasteiger partial charge in [-0.2, -0.15) is 0 Å². The number of rotatable bonds is 6. The Morgan fingerprint density at radius 1 is 1.11 bits per heavy atom. The Kier molecular flexibility index (Phi) is 6.67. The number of amides is 1. The summed E-state index contributed by atoms with van der Waals surface area (Å²) in [6, 6.07) is 12.4. The summed E-state index contributed by atoms with van der Waals surface area (Å²) in [4.78, 5) is 12.3. The molecule has 2 aromatic rings. The number of nitrogens with one attached hydrogen (secondary N) is 3. The zero-order chi connectivity index (χ0) is 20.0. The van der Waals surface area contributed by atoms with Crippen molar-refractivity contribution in [3.63, 3.8) is 0 Å². The van der Waals surface area contributed by atoms with Gasteiger partial charge < -0.3 is 16.0 Å². The van der Waals surface area contributed by atoms with Gasteiger partial charge in [-0.3, -0.25) is 4.79 Å². The van der Waals surface area contributed by atoms with E-state index in [1.165, 1.54) is 18.2 Å². The second kappa shape index (κ2) is 8.76. The van der Waals surface area contributed by atoms with E-state index < -0.39 is 10.0 Å². The number of carbonyl (C=O) groups excluding carboxylic acids is 1. The van der Waals surface area contributed by atoms with Crippen molar-refractivity contribution in [2.45, 2.75) is 11.8 Å². The van der Waals surface area contributed by atoms with E-state index in [1.807, 2.05) is 6.92 Å². The van der Waals surface area contributed by atoms with Crippen molar-refractivity contribution in [3.05, 3.63) is 66.2 Å². The molecule has 0 fully saturated rings. The van der Waals surface area contributed by atoms with Gasteiger partial charge in [-0.05, 0) is 61.6 Å². The molecule has 2 aromatic carbocycles. The summed E-state index contributed by atoms with van der Waals surface area (Å²) in [7, 11) is -3.84. The second-order valence-electron chi connectivity index (χ2n) is 5.87. The zero-order valence-electron chi connectivity index (χ0n) is 14.7. The van der Waals surface area contributed by atoms with Crippen LogP contribution in [-0.4, -0.2) is 26.0 Å². The van der Waals surface area contributed by atoms with Crippen LogP contribution in [0.25, 0.3) is 0 Å². The third kappa shape index (κ3) is 6.48. The number of carbonyl (C=O) groups is 1. The number of anilines is 2. The van der Waals surface area contributed by atoms with Crippen molar-refractivity contribution < 1.29 is 13.2 Å². The van der Waals surface area contributed by atoms with E-state index in [9.17, 15) is 13.2 Å². The Hall–Kier alpha value is -2.75. The number of thiocarbonyl (C=S) groups is 1. The van der Waals surface area contributed by atoms with Gasteiger partial charge in [-0.25, -0.2) is 13.6 Å². The highest BCUT2D eigenvalue weighted by Gasteiger charge is 2.11. The smallest absolute Gasteiger partial charge is 0.255 e. The van der Waals surface area contributed by atoms with E-state index in [2.05, 4.69) is 22.5 Å².